The molecular formula is C27H32Cl2N8. The molecule has 2 N–H and O–H groups in total. The van der Waals surface area contributed by atoms with Crippen molar-refractivity contribution in [3.05, 3.63) is 64.2 Å². The zero-order valence-corrected chi connectivity index (χ0v) is 22.9. The highest BCUT2D eigenvalue weighted by atomic mass is 35.5. The van der Waals surface area contributed by atoms with Gasteiger partial charge in [-0.05, 0) is 43.9 Å². The quantitative estimate of drug-likeness (QED) is 0.282. The summed E-state index contributed by atoms with van der Waals surface area (Å²) in [6.07, 6.45) is 5.73. The first-order chi connectivity index (χ1) is 17.9. The van der Waals surface area contributed by atoms with Crippen LogP contribution in [0.5, 0.6) is 0 Å². The molecule has 10 heteroatoms. The minimum Gasteiger partial charge on any atom is -0.369 e. The van der Waals surface area contributed by atoms with E-state index in [-0.39, 0.29) is 5.92 Å². The van der Waals surface area contributed by atoms with Gasteiger partial charge < -0.3 is 15.5 Å². The number of nitrogens with one attached hydrogen (secondary N) is 2. The minimum absolute atomic E-state index is 0.257. The Morgan fingerprint density at radius 1 is 1.00 bits per heavy atom. The van der Waals surface area contributed by atoms with Crippen LogP contribution in [-0.4, -0.2) is 56.8 Å². The fourth-order valence-electron chi connectivity index (χ4n) is 4.80. The van der Waals surface area contributed by atoms with Crippen molar-refractivity contribution in [2.75, 3.05) is 36.4 Å². The second-order valence-electron chi connectivity index (χ2n) is 9.70. The number of nitrogens with zero attached hydrogens (tertiary/aromatic N) is 6. The average Bonchev–Trinajstić information content (AvgIpc) is 3.23. The molecule has 37 heavy (non-hydrogen) atoms. The maximum atomic E-state index is 6.57. The largest absolute Gasteiger partial charge is 0.369 e. The molecule has 0 unspecified atom stereocenters. The van der Waals surface area contributed by atoms with Gasteiger partial charge in [-0.2, -0.15) is 9.61 Å². The molecule has 0 amide bonds. The highest BCUT2D eigenvalue weighted by Gasteiger charge is 2.22. The van der Waals surface area contributed by atoms with Crippen LogP contribution >= 0.6 is 23.2 Å². The van der Waals surface area contributed by atoms with Crippen LogP contribution in [0, 0.1) is 6.92 Å². The SMILES string of the molecule is Cc1nn2c(NCCNC3CCN(c4ncccn4)CC3)cc(C(C)C)nc2c1-c1c(Cl)cccc1Cl. The zero-order chi connectivity index (χ0) is 25.9. The lowest BCUT2D eigenvalue weighted by molar-refractivity contribution is 0.418. The van der Waals surface area contributed by atoms with E-state index in [1.807, 2.05) is 35.7 Å². The molecule has 4 aromatic rings. The lowest BCUT2D eigenvalue weighted by Gasteiger charge is -2.32. The van der Waals surface area contributed by atoms with Gasteiger partial charge in [0.2, 0.25) is 5.95 Å². The summed E-state index contributed by atoms with van der Waals surface area (Å²) >= 11 is 13.1. The van der Waals surface area contributed by atoms with Crippen molar-refractivity contribution < 1.29 is 0 Å². The Morgan fingerprint density at radius 2 is 1.70 bits per heavy atom. The third kappa shape index (κ3) is 5.51. The lowest BCUT2D eigenvalue weighted by Crippen LogP contribution is -2.44. The van der Waals surface area contributed by atoms with Gasteiger partial charge in [-0.3, -0.25) is 0 Å². The molecule has 194 valence electrons. The summed E-state index contributed by atoms with van der Waals surface area (Å²) in [5.74, 6) is 1.98. The number of hydrogen-bond donors (Lipinski definition) is 2. The smallest absolute Gasteiger partial charge is 0.225 e. The van der Waals surface area contributed by atoms with Crippen LogP contribution in [0.4, 0.5) is 11.8 Å². The summed E-state index contributed by atoms with van der Waals surface area (Å²) in [5, 5.41) is 13.3. The summed E-state index contributed by atoms with van der Waals surface area (Å²) in [4.78, 5) is 16.0. The van der Waals surface area contributed by atoms with Crippen molar-refractivity contribution in [1.29, 1.82) is 0 Å². The number of hydrogen-bond acceptors (Lipinski definition) is 7. The van der Waals surface area contributed by atoms with Crippen LogP contribution in [-0.2, 0) is 0 Å². The van der Waals surface area contributed by atoms with Gasteiger partial charge in [0, 0.05) is 61.9 Å². The topological polar surface area (TPSA) is 83.3 Å². The maximum absolute atomic E-state index is 6.57. The molecule has 0 saturated carbocycles. The van der Waals surface area contributed by atoms with Gasteiger partial charge in [-0.25, -0.2) is 15.0 Å². The van der Waals surface area contributed by atoms with E-state index in [2.05, 4.69) is 45.4 Å². The molecule has 1 aliphatic heterocycles. The number of rotatable bonds is 8. The number of aromatic nitrogens is 5. The van der Waals surface area contributed by atoms with E-state index in [1.165, 1.54) is 0 Å². The van der Waals surface area contributed by atoms with Gasteiger partial charge in [0.25, 0.3) is 0 Å². The Labute approximate surface area is 227 Å². The number of piperidine rings is 1. The minimum atomic E-state index is 0.257. The lowest BCUT2D eigenvalue weighted by atomic mass is 10.1. The van der Waals surface area contributed by atoms with E-state index in [4.69, 9.17) is 33.3 Å². The van der Waals surface area contributed by atoms with Crippen molar-refractivity contribution in [2.45, 2.75) is 45.6 Å². The van der Waals surface area contributed by atoms with Gasteiger partial charge in [0.15, 0.2) is 5.65 Å². The third-order valence-corrected chi connectivity index (χ3v) is 7.41. The van der Waals surface area contributed by atoms with Crippen molar-refractivity contribution in [3.8, 4) is 11.1 Å². The molecule has 0 atom stereocenters. The Morgan fingerprint density at radius 3 is 2.38 bits per heavy atom. The Bertz CT molecular complexity index is 1340. The van der Waals surface area contributed by atoms with Crippen LogP contribution in [0.15, 0.2) is 42.7 Å². The number of aryl methyl sites for hydroxylation is 1. The zero-order valence-electron chi connectivity index (χ0n) is 21.4. The molecule has 0 aliphatic carbocycles. The molecule has 8 nitrogen and oxygen atoms in total. The highest BCUT2D eigenvalue weighted by Crippen LogP contribution is 2.39. The van der Waals surface area contributed by atoms with E-state index < -0.39 is 0 Å². The first kappa shape index (κ1) is 25.7. The van der Waals surface area contributed by atoms with Crippen LogP contribution in [0.3, 0.4) is 0 Å². The third-order valence-electron chi connectivity index (χ3n) is 6.78. The van der Waals surface area contributed by atoms with Gasteiger partial charge in [-0.1, -0.05) is 43.1 Å². The van der Waals surface area contributed by atoms with E-state index >= 15 is 0 Å². The van der Waals surface area contributed by atoms with Crippen LogP contribution in [0.25, 0.3) is 16.8 Å². The van der Waals surface area contributed by atoms with E-state index in [0.29, 0.717) is 16.1 Å². The molecule has 1 aromatic carbocycles. The molecule has 3 aromatic heterocycles. The second-order valence-corrected chi connectivity index (χ2v) is 10.5. The van der Waals surface area contributed by atoms with Crippen molar-refractivity contribution in [1.82, 2.24) is 29.9 Å². The number of benzene rings is 1. The van der Waals surface area contributed by atoms with Crippen LogP contribution in [0.2, 0.25) is 10.0 Å². The summed E-state index contributed by atoms with van der Waals surface area (Å²) in [7, 11) is 0. The molecule has 0 bridgehead atoms. The fourth-order valence-corrected chi connectivity index (χ4v) is 5.38. The number of fused-ring (bicyclic) bond motifs is 1. The molecule has 1 fully saturated rings. The van der Waals surface area contributed by atoms with Gasteiger partial charge in [-0.15, -0.1) is 0 Å². The van der Waals surface area contributed by atoms with Crippen molar-refractivity contribution in [2.24, 2.45) is 0 Å². The molecule has 0 radical (unpaired) electrons. The average molecular weight is 540 g/mol. The number of anilines is 2. The molecule has 0 spiro atoms. The van der Waals surface area contributed by atoms with Gasteiger partial charge in [0.1, 0.15) is 5.82 Å². The van der Waals surface area contributed by atoms with Crippen LogP contribution < -0.4 is 15.5 Å². The first-order valence-electron chi connectivity index (χ1n) is 12.8. The fraction of sp³-hybridized carbons (Fsp3) is 0.407. The van der Waals surface area contributed by atoms with Gasteiger partial charge in [0.05, 0.1) is 21.3 Å². The predicted octanol–water partition coefficient (Wildman–Crippen LogP) is 5.60. The Balaban J connectivity index is 1.29. The first-order valence-corrected chi connectivity index (χ1v) is 13.5. The standard InChI is InChI=1S/C27H32Cl2N8/c1-17(2)22-16-23(31-13-12-30-19-8-14-36(15-9-19)27-32-10-5-11-33-27)37-26(34-22)24(18(3)35-37)25-20(28)6-4-7-21(25)29/h4-7,10-11,16-17,19,30-31H,8-9,12-15H2,1-3H3. The summed E-state index contributed by atoms with van der Waals surface area (Å²) in [5.41, 5.74) is 4.21. The monoisotopic (exact) mass is 538 g/mol. The predicted molar refractivity (Wildman–Crippen MR) is 151 cm³/mol. The molecular weight excluding hydrogens is 507 g/mol. The molecule has 1 aliphatic rings. The van der Waals surface area contributed by atoms with Crippen molar-refractivity contribution >= 4 is 40.6 Å². The second kappa shape index (κ2) is 11.2. The number of halogens is 2. The maximum Gasteiger partial charge on any atom is 0.225 e. The van der Waals surface area contributed by atoms with Gasteiger partial charge >= 0.3 is 0 Å². The van der Waals surface area contributed by atoms with E-state index in [1.54, 1.807) is 12.4 Å². The Kier molecular flexibility index (Phi) is 7.79. The summed E-state index contributed by atoms with van der Waals surface area (Å²) < 4.78 is 1.87. The normalized spacial score (nSPS) is 14.6. The molecule has 1 saturated heterocycles. The summed E-state index contributed by atoms with van der Waals surface area (Å²) in [6.45, 7) is 9.77. The highest BCUT2D eigenvalue weighted by molar-refractivity contribution is 6.39. The molecule has 5 rings (SSSR count). The molecule has 4 heterocycles. The summed E-state index contributed by atoms with van der Waals surface area (Å²) in [6, 6.07) is 9.96. The van der Waals surface area contributed by atoms with Crippen molar-refractivity contribution in [3.63, 3.8) is 0 Å². The van der Waals surface area contributed by atoms with Crippen LogP contribution in [0.1, 0.15) is 44.0 Å². The van der Waals surface area contributed by atoms with E-state index in [0.717, 1.165) is 78.9 Å². The van der Waals surface area contributed by atoms with E-state index in [9.17, 15) is 0 Å². The Hall–Kier alpha value is -2.94.